The summed E-state index contributed by atoms with van der Waals surface area (Å²) in [5.41, 5.74) is 7.63. The molecule has 0 unspecified atom stereocenters. The van der Waals surface area contributed by atoms with Crippen molar-refractivity contribution < 1.29 is 9.59 Å². The van der Waals surface area contributed by atoms with Crippen molar-refractivity contribution in [3.05, 3.63) is 61.0 Å². The van der Waals surface area contributed by atoms with Crippen LogP contribution in [0, 0.1) is 23.2 Å². The van der Waals surface area contributed by atoms with Crippen LogP contribution in [0.5, 0.6) is 0 Å². The molecular formula is C28H33N4O2. The molecule has 1 heterocycles. The minimum absolute atomic E-state index is 0.286. The zero-order chi connectivity index (χ0) is 24.0. The average molecular weight is 458 g/mol. The van der Waals surface area contributed by atoms with Gasteiger partial charge in [-0.2, -0.15) is 5.26 Å². The van der Waals surface area contributed by atoms with Gasteiger partial charge in [0.2, 0.25) is 11.8 Å². The summed E-state index contributed by atoms with van der Waals surface area (Å²) in [6, 6.07) is 20.9. The first-order chi connectivity index (χ1) is 16.5. The van der Waals surface area contributed by atoms with Crippen LogP contribution in [0.1, 0.15) is 51.4 Å². The van der Waals surface area contributed by atoms with Gasteiger partial charge in [-0.05, 0) is 30.9 Å². The highest BCUT2D eigenvalue weighted by molar-refractivity contribution is 5.88. The second-order valence-electron chi connectivity index (χ2n) is 9.67. The lowest BCUT2D eigenvalue weighted by atomic mass is 9.70. The van der Waals surface area contributed by atoms with Crippen molar-refractivity contribution in [2.45, 2.75) is 56.9 Å². The molecule has 0 bridgehead atoms. The lowest BCUT2D eigenvalue weighted by molar-refractivity contribution is -0.130. The molecule has 1 aliphatic carbocycles. The first-order valence-electron chi connectivity index (χ1n) is 12.2. The van der Waals surface area contributed by atoms with Gasteiger partial charge in [-0.25, -0.2) is 0 Å². The first kappa shape index (κ1) is 23.8. The maximum Gasteiger partial charge on any atom is 0.225 e. The smallest absolute Gasteiger partial charge is 0.225 e. The molecule has 2 aromatic carbocycles. The Morgan fingerprint density at radius 1 is 0.971 bits per heavy atom. The molecule has 6 nitrogen and oxygen atoms in total. The normalized spacial score (nSPS) is 19.1. The molecule has 34 heavy (non-hydrogen) atoms. The van der Waals surface area contributed by atoms with Crippen LogP contribution < -0.4 is 16.0 Å². The third-order valence-corrected chi connectivity index (χ3v) is 7.53. The van der Waals surface area contributed by atoms with E-state index in [2.05, 4.69) is 40.6 Å². The third kappa shape index (κ3) is 5.09. The summed E-state index contributed by atoms with van der Waals surface area (Å²) in [5.74, 6) is -0.609. The maximum atomic E-state index is 12.8. The molecule has 2 aliphatic rings. The summed E-state index contributed by atoms with van der Waals surface area (Å²) in [4.78, 5) is 27.2. The summed E-state index contributed by atoms with van der Waals surface area (Å²) in [5, 5.41) is 12.9. The predicted molar refractivity (Wildman–Crippen MR) is 133 cm³/mol. The molecule has 3 N–H and O–H groups in total. The molecule has 0 atom stereocenters. The number of hydrogen-bond donors (Lipinski definition) is 2. The summed E-state index contributed by atoms with van der Waals surface area (Å²) >= 11 is 0. The Hall–Kier alpha value is -3.33. The van der Waals surface area contributed by atoms with E-state index in [9.17, 15) is 14.9 Å². The Morgan fingerprint density at radius 3 is 2.26 bits per heavy atom. The maximum absolute atomic E-state index is 12.8. The summed E-state index contributed by atoms with van der Waals surface area (Å²) in [6.45, 7) is 1.34. The molecule has 2 aromatic rings. The molecule has 177 valence electrons. The molecule has 1 saturated carbocycles. The third-order valence-electron chi connectivity index (χ3n) is 7.53. The summed E-state index contributed by atoms with van der Waals surface area (Å²) in [7, 11) is 0. The molecule has 0 spiro atoms. The number of amides is 2. The standard InChI is InChI=1S/C28H33N4O2/c29-21-28(31-25(33)13-16-27(26(30)34)14-7-2-8-15-27)17-19-32(20-18-28)24-12-6-5-11-23(24)22-9-3-1-4-10-22/h1,3-6,9-13H,2,7-8,14-20H2,(H2,30,34)(H,31,33). The van der Waals surface area contributed by atoms with Gasteiger partial charge in [0.1, 0.15) is 5.54 Å². The van der Waals surface area contributed by atoms with E-state index in [1.807, 2.05) is 30.3 Å². The number of para-hydroxylation sites is 1. The van der Waals surface area contributed by atoms with Crippen LogP contribution in [-0.4, -0.2) is 30.4 Å². The molecule has 2 amide bonds. The van der Waals surface area contributed by atoms with Gasteiger partial charge < -0.3 is 16.0 Å². The highest BCUT2D eigenvalue weighted by atomic mass is 16.2. The van der Waals surface area contributed by atoms with E-state index in [1.54, 1.807) is 0 Å². The van der Waals surface area contributed by atoms with Crippen LogP contribution in [0.15, 0.2) is 54.6 Å². The number of anilines is 1. The van der Waals surface area contributed by atoms with Crippen molar-refractivity contribution in [3.8, 4) is 17.2 Å². The number of carbonyl (C=O) groups is 2. The van der Waals surface area contributed by atoms with Crippen molar-refractivity contribution >= 4 is 17.5 Å². The van der Waals surface area contributed by atoms with Gasteiger partial charge in [-0.3, -0.25) is 9.59 Å². The van der Waals surface area contributed by atoms with Crippen LogP contribution in [0.25, 0.3) is 11.1 Å². The summed E-state index contributed by atoms with van der Waals surface area (Å²) < 4.78 is 0. The van der Waals surface area contributed by atoms with Gasteiger partial charge in [-0.15, -0.1) is 0 Å². The highest BCUT2D eigenvalue weighted by Gasteiger charge is 2.40. The minimum Gasteiger partial charge on any atom is -0.371 e. The van der Waals surface area contributed by atoms with Gasteiger partial charge in [0, 0.05) is 42.6 Å². The monoisotopic (exact) mass is 457 g/mol. The predicted octanol–water partition coefficient (Wildman–Crippen LogP) is 4.36. The Balaban J connectivity index is 1.39. The van der Waals surface area contributed by atoms with Crippen molar-refractivity contribution in [1.29, 1.82) is 5.26 Å². The van der Waals surface area contributed by atoms with Gasteiger partial charge in [0.05, 0.1) is 12.5 Å². The van der Waals surface area contributed by atoms with Gasteiger partial charge in [-0.1, -0.05) is 67.8 Å². The van der Waals surface area contributed by atoms with E-state index in [-0.39, 0.29) is 11.8 Å². The van der Waals surface area contributed by atoms with E-state index < -0.39 is 11.0 Å². The molecule has 1 saturated heterocycles. The van der Waals surface area contributed by atoms with E-state index in [0.29, 0.717) is 32.4 Å². The zero-order valence-corrected chi connectivity index (χ0v) is 19.6. The topological polar surface area (TPSA) is 99.2 Å². The number of rotatable bonds is 7. The molecule has 4 rings (SSSR count). The Morgan fingerprint density at radius 2 is 1.62 bits per heavy atom. The Kier molecular flexibility index (Phi) is 7.21. The number of benzene rings is 2. The van der Waals surface area contributed by atoms with Crippen LogP contribution in [-0.2, 0) is 9.59 Å². The first-order valence-corrected chi connectivity index (χ1v) is 12.2. The van der Waals surface area contributed by atoms with E-state index >= 15 is 0 Å². The zero-order valence-electron chi connectivity index (χ0n) is 19.6. The van der Waals surface area contributed by atoms with Gasteiger partial charge in [0.25, 0.3) is 0 Å². The van der Waals surface area contributed by atoms with Crippen molar-refractivity contribution in [3.63, 3.8) is 0 Å². The highest BCUT2D eigenvalue weighted by Crippen LogP contribution is 2.40. The average Bonchev–Trinajstić information content (AvgIpc) is 2.89. The van der Waals surface area contributed by atoms with Crippen molar-refractivity contribution in [2.75, 3.05) is 18.0 Å². The van der Waals surface area contributed by atoms with Crippen molar-refractivity contribution in [1.82, 2.24) is 5.32 Å². The molecule has 6 heteroatoms. The number of piperidine rings is 1. The lowest BCUT2D eigenvalue weighted by Gasteiger charge is -2.40. The number of carbonyl (C=O) groups excluding carboxylic acids is 2. The number of hydrogen-bond acceptors (Lipinski definition) is 4. The summed E-state index contributed by atoms with van der Waals surface area (Å²) in [6.07, 6.45) is 7.42. The van der Waals surface area contributed by atoms with Gasteiger partial charge in [0.15, 0.2) is 0 Å². The van der Waals surface area contributed by atoms with Gasteiger partial charge >= 0.3 is 0 Å². The fourth-order valence-corrected chi connectivity index (χ4v) is 5.36. The fourth-order valence-electron chi connectivity index (χ4n) is 5.36. The lowest BCUT2D eigenvalue weighted by Crippen LogP contribution is -2.55. The van der Waals surface area contributed by atoms with E-state index in [1.165, 1.54) is 6.42 Å². The number of nitrogens with one attached hydrogen (secondary N) is 1. The van der Waals surface area contributed by atoms with E-state index in [4.69, 9.17) is 5.73 Å². The number of primary amides is 1. The molecule has 0 aromatic heterocycles. The molecular weight excluding hydrogens is 424 g/mol. The van der Waals surface area contributed by atoms with Crippen LogP contribution in [0.3, 0.4) is 0 Å². The van der Waals surface area contributed by atoms with Crippen LogP contribution >= 0.6 is 0 Å². The number of nitriles is 1. The van der Waals surface area contributed by atoms with E-state index in [0.717, 1.165) is 48.9 Å². The SMILES string of the molecule is N#CC1(NC(=O)[CH]CC2(C(N)=O)CCCCC2)CCN(c2ccccc2-c2ccccc2)CC1. The van der Waals surface area contributed by atoms with Crippen LogP contribution in [0.2, 0.25) is 0 Å². The quantitative estimate of drug-likeness (QED) is 0.645. The number of nitrogens with zero attached hydrogens (tertiary/aromatic N) is 2. The Labute approximate surface area is 202 Å². The molecule has 1 aliphatic heterocycles. The second kappa shape index (κ2) is 10.3. The second-order valence-corrected chi connectivity index (χ2v) is 9.67. The molecule has 1 radical (unpaired) electrons. The van der Waals surface area contributed by atoms with Crippen molar-refractivity contribution in [2.24, 2.45) is 11.1 Å². The molecule has 2 fully saturated rings. The van der Waals surface area contributed by atoms with Crippen LogP contribution in [0.4, 0.5) is 5.69 Å². The Bertz CT molecular complexity index is 1050. The fraction of sp³-hybridized carbons (Fsp3) is 0.429. The minimum atomic E-state index is -0.905. The largest absolute Gasteiger partial charge is 0.371 e. The number of nitrogens with two attached hydrogens (primary N) is 1.